The van der Waals surface area contributed by atoms with Crippen molar-refractivity contribution in [2.24, 2.45) is 0 Å². The number of ether oxygens (including phenoxy) is 1. The van der Waals surface area contributed by atoms with E-state index in [0.717, 1.165) is 22.8 Å². The van der Waals surface area contributed by atoms with Gasteiger partial charge in [-0.2, -0.15) is 0 Å². The minimum atomic E-state index is -0.0746. The minimum absolute atomic E-state index is 0.0746. The fraction of sp³-hybridized carbons (Fsp3) is 0.235. The van der Waals surface area contributed by atoms with E-state index < -0.39 is 0 Å². The van der Waals surface area contributed by atoms with E-state index in [1.165, 1.54) is 0 Å². The van der Waals surface area contributed by atoms with Gasteiger partial charge >= 0.3 is 0 Å². The van der Waals surface area contributed by atoms with Crippen LogP contribution in [0.25, 0.3) is 0 Å². The first-order valence-electron chi connectivity index (χ1n) is 7.17. The first-order chi connectivity index (χ1) is 11.0. The molecule has 0 saturated carbocycles. The van der Waals surface area contributed by atoms with Crippen LogP contribution >= 0.6 is 23.2 Å². The Morgan fingerprint density at radius 1 is 1.13 bits per heavy atom. The van der Waals surface area contributed by atoms with Gasteiger partial charge in [-0.1, -0.05) is 23.2 Å². The van der Waals surface area contributed by atoms with Crippen LogP contribution in [0.3, 0.4) is 0 Å². The minimum Gasteiger partial charge on any atom is -0.497 e. The van der Waals surface area contributed by atoms with E-state index >= 15 is 0 Å². The van der Waals surface area contributed by atoms with Gasteiger partial charge in [-0.3, -0.25) is 4.79 Å². The Morgan fingerprint density at radius 2 is 1.83 bits per heavy atom. The van der Waals surface area contributed by atoms with E-state index in [2.05, 4.69) is 5.32 Å². The summed E-state index contributed by atoms with van der Waals surface area (Å²) >= 11 is 11.8. The molecule has 2 rings (SSSR count). The summed E-state index contributed by atoms with van der Waals surface area (Å²) in [6, 6.07) is 12.9. The van der Waals surface area contributed by atoms with E-state index in [0.29, 0.717) is 22.3 Å². The van der Waals surface area contributed by atoms with E-state index in [-0.39, 0.29) is 5.91 Å². The topological polar surface area (TPSA) is 42.8 Å². The number of carbonyl (C=O) groups excluding carboxylic acids is 1. The van der Waals surface area contributed by atoms with Crippen molar-refractivity contribution in [1.82, 2.24) is 0 Å². The van der Waals surface area contributed by atoms with Crippen LogP contribution in [-0.4, -0.2) is 26.6 Å². The monoisotopic (exact) mass is 353 g/mol. The molecule has 0 aliphatic carbocycles. The second kappa shape index (κ2) is 8.20. The maximum Gasteiger partial charge on any atom is 0.279 e. The van der Waals surface area contributed by atoms with Crippen molar-refractivity contribution in [3.63, 3.8) is 0 Å². The Morgan fingerprint density at radius 3 is 2.43 bits per heavy atom. The number of carbonyl (C=O) groups is 1. The Hall–Kier alpha value is -1.75. The molecule has 0 fully saturated rings. The van der Waals surface area contributed by atoms with Crippen LogP contribution in [0.5, 0.6) is 5.75 Å². The largest absolute Gasteiger partial charge is 0.497 e. The molecule has 0 heterocycles. The quantitative estimate of drug-likeness (QED) is 0.838. The maximum atomic E-state index is 12.1. The number of anilines is 1. The Bertz CT molecular complexity index is 675. The molecule has 2 aromatic carbocycles. The molecule has 1 amide bonds. The Labute approximate surface area is 146 Å². The number of quaternary nitrogens is 1. The molecule has 0 saturated heterocycles. The lowest BCUT2D eigenvalue weighted by molar-refractivity contribution is -0.885. The van der Waals surface area contributed by atoms with Crippen LogP contribution in [-0.2, 0) is 11.3 Å². The SMILES string of the molecule is COc1ccc(C[NH+](C)CC(=O)Nc2ccc(Cl)c(Cl)c2)cc1. The van der Waals surface area contributed by atoms with Gasteiger partial charge in [-0.05, 0) is 42.5 Å². The molecule has 23 heavy (non-hydrogen) atoms. The standard InChI is InChI=1S/C17H18Cl2N2O2/c1-21(10-12-3-6-14(23-2)7-4-12)11-17(22)20-13-5-8-15(18)16(19)9-13/h3-9H,10-11H2,1-2H3,(H,20,22)/p+1. The summed E-state index contributed by atoms with van der Waals surface area (Å²) in [5, 5.41) is 3.71. The maximum absolute atomic E-state index is 12.1. The number of hydrogen-bond acceptors (Lipinski definition) is 2. The second-order valence-corrected chi connectivity index (χ2v) is 6.15. The van der Waals surface area contributed by atoms with Crippen LogP contribution in [0.15, 0.2) is 42.5 Å². The van der Waals surface area contributed by atoms with Gasteiger partial charge in [0.05, 0.1) is 24.2 Å². The van der Waals surface area contributed by atoms with Gasteiger partial charge < -0.3 is 15.0 Å². The lowest BCUT2D eigenvalue weighted by atomic mass is 10.2. The molecule has 1 atom stereocenters. The number of rotatable bonds is 6. The first kappa shape index (κ1) is 17.6. The fourth-order valence-electron chi connectivity index (χ4n) is 2.21. The molecular formula is C17H19Cl2N2O2+. The third-order valence-corrected chi connectivity index (χ3v) is 4.07. The highest BCUT2D eigenvalue weighted by molar-refractivity contribution is 6.42. The van der Waals surface area contributed by atoms with E-state index in [1.54, 1.807) is 25.3 Å². The zero-order valence-corrected chi connectivity index (χ0v) is 14.5. The normalized spacial score (nSPS) is 11.8. The highest BCUT2D eigenvalue weighted by Crippen LogP contribution is 2.24. The van der Waals surface area contributed by atoms with Crippen molar-refractivity contribution in [2.45, 2.75) is 6.54 Å². The average molecular weight is 354 g/mol. The summed E-state index contributed by atoms with van der Waals surface area (Å²) in [6.45, 7) is 1.10. The van der Waals surface area contributed by atoms with Crippen molar-refractivity contribution < 1.29 is 14.4 Å². The molecule has 0 bridgehead atoms. The molecule has 1 unspecified atom stereocenters. The van der Waals surface area contributed by atoms with Gasteiger partial charge in [-0.15, -0.1) is 0 Å². The van der Waals surface area contributed by atoms with Crippen molar-refractivity contribution >= 4 is 34.8 Å². The van der Waals surface area contributed by atoms with Gasteiger partial charge in [0.1, 0.15) is 12.3 Å². The highest BCUT2D eigenvalue weighted by atomic mass is 35.5. The lowest BCUT2D eigenvalue weighted by Gasteiger charge is -2.14. The van der Waals surface area contributed by atoms with Gasteiger partial charge in [0, 0.05) is 11.3 Å². The summed E-state index contributed by atoms with van der Waals surface area (Å²) in [7, 11) is 3.61. The van der Waals surface area contributed by atoms with Crippen LogP contribution in [0.2, 0.25) is 10.0 Å². The van der Waals surface area contributed by atoms with Gasteiger partial charge in [0.2, 0.25) is 0 Å². The molecule has 2 N–H and O–H groups in total. The fourth-order valence-corrected chi connectivity index (χ4v) is 2.51. The van der Waals surface area contributed by atoms with Crippen LogP contribution < -0.4 is 15.0 Å². The van der Waals surface area contributed by atoms with Gasteiger partial charge in [0.25, 0.3) is 5.91 Å². The molecule has 4 nitrogen and oxygen atoms in total. The molecule has 0 aromatic heterocycles. The third kappa shape index (κ3) is 5.43. The molecule has 0 aliphatic rings. The number of likely N-dealkylation sites (N-methyl/N-ethyl adjacent to an activating group) is 1. The van der Waals surface area contributed by atoms with E-state index in [9.17, 15) is 4.79 Å². The first-order valence-corrected chi connectivity index (χ1v) is 7.92. The van der Waals surface area contributed by atoms with Crippen molar-refractivity contribution in [3.05, 3.63) is 58.1 Å². The molecule has 122 valence electrons. The molecular weight excluding hydrogens is 335 g/mol. The second-order valence-electron chi connectivity index (χ2n) is 5.34. The van der Waals surface area contributed by atoms with Crippen molar-refractivity contribution in [1.29, 1.82) is 0 Å². The van der Waals surface area contributed by atoms with E-state index in [4.69, 9.17) is 27.9 Å². The molecule has 0 radical (unpaired) electrons. The van der Waals surface area contributed by atoms with Crippen molar-refractivity contribution in [3.8, 4) is 5.75 Å². The van der Waals surface area contributed by atoms with Crippen LogP contribution in [0, 0.1) is 0 Å². The number of amides is 1. The Balaban J connectivity index is 1.87. The zero-order chi connectivity index (χ0) is 16.8. The summed E-state index contributed by atoms with van der Waals surface area (Å²) in [4.78, 5) is 13.2. The van der Waals surface area contributed by atoms with Crippen molar-refractivity contribution in [2.75, 3.05) is 26.0 Å². The number of halogens is 2. The average Bonchev–Trinajstić information content (AvgIpc) is 2.51. The predicted molar refractivity (Wildman–Crippen MR) is 93.5 cm³/mol. The number of benzene rings is 2. The van der Waals surface area contributed by atoms with Gasteiger partial charge in [-0.25, -0.2) is 0 Å². The van der Waals surface area contributed by atoms with Gasteiger partial charge in [0.15, 0.2) is 6.54 Å². The summed E-state index contributed by atoms with van der Waals surface area (Å²) in [5.74, 6) is 0.748. The molecule has 0 aliphatic heterocycles. The Kier molecular flexibility index (Phi) is 6.28. The summed E-state index contributed by atoms with van der Waals surface area (Å²) in [6.07, 6.45) is 0. The molecule has 2 aromatic rings. The zero-order valence-electron chi connectivity index (χ0n) is 13.0. The van der Waals surface area contributed by atoms with E-state index in [1.807, 2.05) is 31.3 Å². The number of methoxy groups -OCH3 is 1. The highest BCUT2D eigenvalue weighted by Gasteiger charge is 2.11. The lowest BCUT2D eigenvalue weighted by Crippen LogP contribution is -3.08. The molecule has 6 heteroatoms. The number of nitrogens with one attached hydrogen (secondary N) is 2. The molecule has 0 spiro atoms. The third-order valence-electron chi connectivity index (χ3n) is 3.33. The van der Waals surface area contributed by atoms with Crippen LogP contribution in [0.1, 0.15) is 5.56 Å². The number of hydrogen-bond donors (Lipinski definition) is 2. The van der Waals surface area contributed by atoms with Crippen LogP contribution in [0.4, 0.5) is 5.69 Å². The smallest absolute Gasteiger partial charge is 0.279 e. The summed E-state index contributed by atoms with van der Waals surface area (Å²) in [5.41, 5.74) is 1.78. The summed E-state index contributed by atoms with van der Waals surface area (Å²) < 4.78 is 5.13. The predicted octanol–water partition coefficient (Wildman–Crippen LogP) is 2.66.